The van der Waals surface area contributed by atoms with Gasteiger partial charge in [0.2, 0.25) is 5.91 Å². The van der Waals surface area contributed by atoms with Gasteiger partial charge in [-0.05, 0) is 56.6 Å². The summed E-state index contributed by atoms with van der Waals surface area (Å²) in [6, 6.07) is 7.12. The van der Waals surface area contributed by atoms with Gasteiger partial charge in [0.1, 0.15) is 0 Å². The number of primary amides is 1. The fourth-order valence-electron chi connectivity index (χ4n) is 3.27. The summed E-state index contributed by atoms with van der Waals surface area (Å²) in [5.74, 6) is -0.274. The number of anilines is 1. The number of hydrogen-bond donors (Lipinski definition) is 3. The molecule has 1 aliphatic heterocycles. The lowest BCUT2D eigenvalue weighted by atomic mass is 10.1. The van der Waals surface area contributed by atoms with Crippen LogP contribution in [-0.2, 0) is 4.79 Å². The van der Waals surface area contributed by atoms with Crippen molar-refractivity contribution in [3.8, 4) is 0 Å². The highest BCUT2D eigenvalue weighted by Crippen LogP contribution is 2.31. The highest BCUT2D eigenvalue weighted by molar-refractivity contribution is 5.93. The van der Waals surface area contributed by atoms with Crippen molar-refractivity contribution < 1.29 is 4.79 Å². The number of carbonyl (C=O) groups is 1. The molecular weight excluding hydrogens is 276 g/mol. The Bertz CT molecular complexity index is 671. The lowest BCUT2D eigenvalue weighted by Crippen LogP contribution is -2.29. The van der Waals surface area contributed by atoms with Gasteiger partial charge in [0.25, 0.3) is 0 Å². The number of nitrogens with zero attached hydrogens (tertiary/aromatic N) is 1. The molecule has 0 bridgehead atoms. The summed E-state index contributed by atoms with van der Waals surface area (Å²) in [7, 11) is 0. The van der Waals surface area contributed by atoms with Gasteiger partial charge in [0, 0.05) is 36.3 Å². The van der Waals surface area contributed by atoms with Gasteiger partial charge in [-0.2, -0.15) is 0 Å². The average Bonchev–Trinajstić information content (AvgIpc) is 2.91. The molecule has 0 saturated carbocycles. The first-order chi connectivity index (χ1) is 10.6. The number of nitrogens with two attached hydrogens (primary N) is 1. The molecule has 0 atom stereocenters. The van der Waals surface area contributed by atoms with E-state index in [-0.39, 0.29) is 5.91 Å². The minimum atomic E-state index is -0.274. The number of amides is 1. The molecule has 1 amide bonds. The molecule has 0 radical (unpaired) electrons. The molecule has 1 aromatic carbocycles. The van der Waals surface area contributed by atoms with Crippen molar-refractivity contribution in [2.75, 3.05) is 25.0 Å². The van der Waals surface area contributed by atoms with Crippen LogP contribution in [0, 0.1) is 6.92 Å². The van der Waals surface area contributed by atoms with Crippen molar-refractivity contribution in [2.24, 2.45) is 5.73 Å². The number of aromatic nitrogens is 1. The van der Waals surface area contributed by atoms with Crippen LogP contribution in [0.4, 0.5) is 5.69 Å². The molecule has 0 spiro atoms. The maximum atomic E-state index is 10.9. The molecule has 5 nitrogen and oxygen atoms in total. The Morgan fingerprint density at radius 1 is 1.41 bits per heavy atom. The molecule has 118 valence electrons. The Balaban J connectivity index is 1.90. The van der Waals surface area contributed by atoms with E-state index in [1.807, 2.05) is 0 Å². The summed E-state index contributed by atoms with van der Waals surface area (Å²) >= 11 is 0. The molecule has 0 unspecified atom stereocenters. The maximum absolute atomic E-state index is 10.9. The second-order valence-corrected chi connectivity index (χ2v) is 6.09. The highest BCUT2D eigenvalue weighted by atomic mass is 16.1. The van der Waals surface area contributed by atoms with Crippen LogP contribution in [0.3, 0.4) is 0 Å². The van der Waals surface area contributed by atoms with Crippen LogP contribution < -0.4 is 16.4 Å². The molecule has 2 aromatic rings. The standard InChI is InChI=1S/C17H24N4O/c1-12-10-15(20-8-4-17(18)22)14-5-9-21(16(14)11-12)13-2-6-19-7-3-13/h5,9-11,13,19-20H,2-4,6-8H2,1H3,(H2,18,22). The second-order valence-electron chi connectivity index (χ2n) is 6.09. The Kier molecular flexibility index (Phi) is 4.34. The lowest BCUT2D eigenvalue weighted by molar-refractivity contribution is -0.117. The quantitative estimate of drug-likeness (QED) is 0.792. The van der Waals surface area contributed by atoms with Crippen LogP contribution in [0.15, 0.2) is 24.4 Å². The van der Waals surface area contributed by atoms with Crippen LogP contribution in [0.25, 0.3) is 10.9 Å². The number of nitrogens with one attached hydrogen (secondary N) is 2. The smallest absolute Gasteiger partial charge is 0.219 e. The number of fused-ring (bicyclic) bond motifs is 1. The molecule has 3 rings (SSSR count). The summed E-state index contributed by atoms with van der Waals surface area (Å²) in [4.78, 5) is 10.9. The van der Waals surface area contributed by atoms with Crippen LogP contribution in [0.1, 0.15) is 30.9 Å². The summed E-state index contributed by atoms with van der Waals surface area (Å²) in [6.07, 6.45) is 4.88. The Morgan fingerprint density at radius 3 is 2.91 bits per heavy atom. The molecule has 4 N–H and O–H groups in total. The zero-order valence-corrected chi connectivity index (χ0v) is 13.1. The highest BCUT2D eigenvalue weighted by Gasteiger charge is 2.17. The van der Waals surface area contributed by atoms with Crippen molar-refractivity contribution in [2.45, 2.75) is 32.2 Å². The third-order valence-electron chi connectivity index (χ3n) is 4.37. The summed E-state index contributed by atoms with van der Waals surface area (Å²) in [5, 5.41) is 7.98. The molecule has 1 aliphatic rings. The molecule has 0 aliphatic carbocycles. The Hall–Kier alpha value is -2.01. The van der Waals surface area contributed by atoms with Gasteiger partial charge in [-0.1, -0.05) is 0 Å². The van der Waals surface area contributed by atoms with Crippen molar-refractivity contribution in [1.82, 2.24) is 9.88 Å². The number of hydrogen-bond acceptors (Lipinski definition) is 3. The van der Waals surface area contributed by atoms with Crippen LogP contribution >= 0.6 is 0 Å². The SMILES string of the molecule is Cc1cc(NCCC(N)=O)c2ccn(C3CCNCC3)c2c1. The molecule has 1 aromatic heterocycles. The van der Waals surface area contributed by atoms with E-state index in [0.29, 0.717) is 19.0 Å². The molecule has 1 saturated heterocycles. The van der Waals surface area contributed by atoms with E-state index in [4.69, 9.17) is 5.73 Å². The third-order valence-corrected chi connectivity index (χ3v) is 4.37. The minimum absolute atomic E-state index is 0.274. The van der Waals surface area contributed by atoms with E-state index in [1.165, 1.54) is 29.3 Å². The van der Waals surface area contributed by atoms with Crippen molar-refractivity contribution >= 4 is 22.5 Å². The lowest BCUT2D eigenvalue weighted by Gasteiger charge is -2.25. The van der Waals surface area contributed by atoms with Crippen molar-refractivity contribution in [3.63, 3.8) is 0 Å². The van der Waals surface area contributed by atoms with E-state index >= 15 is 0 Å². The fraction of sp³-hybridized carbons (Fsp3) is 0.471. The van der Waals surface area contributed by atoms with Gasteiger partial charge in [-0.15, -0.1) is 0 Å². The zero-order chi connectivity index (χ0) is 15.5. The number of piperidine rings is 1. The zero-order valence-electron chi connectivity index (χ0n) is 13.1. The predicted octanol–water partition coefficient (Wildman–Crippen LogP) is 2.16. The fourth-order valence-corrected chi connectivity index (χ4v) is 3.27. The maximum Gasteiger partial charge on any atom is 0.219 e. The first kappa shape index (κ1) is 14.9. The Morgan fingerprint density at radius 2 is 2.18 bits per heavy atom. The predicted molar refractivity (Wildman–Crippen MR) is 90.1 cm³/mol. The molecular formula is C17H24N4O. The minimum Gasteiger partial charge on any atom is -0.384 e. The largest absolute Gasteiger partial charge is 0.384 e. The Labute approximate surface area is 130 Å². The molecule has 5 heteroatoms. The van der Waals surface area contributed by atoms with E-state index in [0.717, 1.165) is 18.8 Å². The summed E-state index contributed by atoms with van der Waals surface area (Å²) < 4.78 is 2.41. The second kappa shape index (κ2) is 6.40. The molecule has 22 heavy (non-hydrogen) atoms. The van der Waals surface area contributed by atoms with Crippen molar-refractivity contribution in [1.29, 1.82) is 0 Å². The van der Waals surface area contributed by atoms with E-state index in [2.05, 4.69) is 46.5 Å². The van der Waals surface area contributed by atoms with Crippen LogP contribution in [0.2, 0.25) is 0 Å². The molecule has 1 fully saturated rings. The van der Waals surface area contributed by atoms with Crippen LogP contribution in [-0.4, -0.2) is 30.1 Å². The van der Waals surface area contributed by atoms with E-state index in [9.17, 15) is 4.79 Å². The number of rotatable bonds is 5. The van der Waals surface area contributed by atoms with Gasteiger partial charge in [-0.25, -0.2) is 0 Å². The van der Waals surface area contributed by atoms with Gasteiger partial charge in [0.15, 0.2) is 0 Å². The van der Waals surface area contributed by atoms with Crippen LogP contribution in [0.5, 0.6) is 0 Å². The van der Waals surface area contributed by atoms with Gasteiger partial charge in [0.05, 0.1) is 5.52 Å². The first-order valence-corrected chi connectivity index (χ1v) is 7.99. The van der Waals surface area contributed by atoms with Gasteiger partial charge in [-0.3, -0.25) is 4.79 Å². The van der Waals surface area contributed by atoms with E-state index < -0.39 is 0 Å². The topological polar surface area (TPSA) is 72.1 Å². The normalized spacial score (nSPS) is 16.0. The van der Waals surface area contributed by atoms with Gasteiger partial charge < -0.3 is 20.9 Å². The molecule has 2 heterocycles. The number of aryl methyl sites for hydroxylation is 1. The first-order valence-electron chi connectivity index (χ1n) is 7.99. The average molecular weight is 300 g/mol. The van der Waals surface area contributed by atoms with Crippen molar-refractivity contribution in [3.05, 3.63) is 30.0 Å². The summed E-state index contributed by atoms with van der Waals surface area (Å²) in [6.45, 7) is 4.85. The summed E-state index contributed by atoms with van der Waals surface area (Å²) in [5.41, 5.74) is 8.80. The van der Waals surface area contributed by atoms with E-state index in [1.54, 1.807) is 0 Å². The number of benzene rings is 1. The van der Waals surface area contributed by atoms with Gasteiger partial charge >= 0.3 is 0 Å². The number of carbonyl (C=O) groups excluding carboxylic acids is 1. The monoisotopic (exact) mass is 300 g/mol. The third kappa shape index (κ3) is 3.09.